The van der Waals surface area contributed by atoms with Crippen molar-refractivity contribution in [2.75, 3.05) is 0 Å². The molecule has 0 unspecified atom stereocenters. The molecule has 0 amide bonds. The Morgan fingerprint density at radius 3 is 2.57 bits per heavy atom. The van der Waals surface area contributed by atoms with Gasteiger partial charge in [0.1, 0.15) is 5.60 Å². The van der Waals surface area contributed by atoms with Crippen LogP contribution in [0.1, 0.15) is 31.4 Å². The zero-order chi connectivity index (χ0) is 10.0. The van der Waals surface area contributed by atoms with E-state index in [9.17, 15) is 10.2 Å². The second-order valence-electron chi connectivity index (χ2n) is 3.98. The highest BCUT2D eigenvalue weighted by Crippen LogP contribution is 2.35. The zero-order valence-electron chi connectivity index (χ0n) is 8.06. The average Bonchev–Trinajstić information content (AvgIpc) is 2.24. The maximum atomic E-state index is 10.3. The fourth-order valence-electron chi connectivity index (χ4n) is 1.97. The lowest BCUT2D eigenvalue weighted by atomic mass is 9.81. The first kappa shape index (κ1) is 9.62. The Morgan fingerprint density at radius 2 is 2.00 bits per heavy atom. The number of aromatic nitrogens is 1. The molecule has 0 atom stereocenters. The van der Waals surface area contributed by atoms with Gasteiger partial charge < -0.3 is 10.2 Å². The number of rotatable bonds is 1. The molecule has 1 aromatic heterocycles. The lowest BCUT2D eigenvalue weighted by molar-refractivity contribution is -0.0391. The molecule has 14 heavy (non-hydrogen) atoms. The van der Waals surface area contributed by atoms with Crippen LogP contribution >= 0.6 is 0 Å². The van der Waals surface area contributed by atoms with Gasteiger partial charge in [-0.05, 0) is 37.8 Å². The van der Waals surface area contributed by atoms with Crippen LogP contribution in [-0.2, 0) is 5.60 Å². The van der Waals surface area contributed by atoms with Gasteiger partial charge in [-0.25, -0.2) is 0 Å². The summed E-state index contributed by atoms with van der Waals surface area (Å²) in [5.74, 6) is 0. The Kier molecular flexibility index (Phi) is 2.52. The molecule has 3 heteroatoms. The summed E-state index contributed by atoms with van der Waals surface area (Å²) < 4.78 is 0. The van der Waals surface area contributed by atoms with E-state index in [2.05, 4.69) is 4.98 Å². The third-order valence-corrected chi connectivity index (χ3v) is 2.92. The van der Waals surface area contributed by atoms with Crippen LogP contribution in [0.2, 0.25) is 0 Å². The molecule has 1 fully saturated rings. The van der Waals surface area contributed by atoms with E-state index in [1.54, 1.807) is 6.20 Å². The molecule has 1 aliphatic carbocycles. The molecule has 1 saturated carbocycles. The van der Waals surface area contributed by atoms with E-state index in [4.69, 9.17) is 0 Å². The van der Waals surface area contributed by atoms with Crippen molar-refractivity contribution in [3.8, 4) is 0 Å². The summed E-state index contributed by atoms with van der Waals surface area (Å²) in [6, 6.07) is 5.56. The van der Waals surface area contributed by atoms with Crippen LogP contribution in [0.15, 0.2) is 24.4 Å². The third kappa shape index (κ3) is 1.79. The van der Waals surface area contributed by atoms with E-state index in [1.807, 2.05) is 18.2 Å². The molecular formula is C11H15NO2. The fraction of sp³-hybridized carbons (Fsp3) is 0.545. The van der Waals surface area contributed by atoms with Crippen molar-refractivity contribution in [1.29, 1.82) is 0 Å². The Labute approximate surface area is 83.4 Å². The van der Waals surface area contributed by atoms with Gasteiger partial charge in [0, 0.05) is 6.20 Å². The molecule has 1 aliphatic rings. The topological polar surface area (TPSA) is 53.4 Å². The van der Waals surface area contributed by atoms with E-state index < -0.39 is 5.60 Å². The molecule has 3 nitrogen and oxygen atoms in total. The molecule has 2 N–H and O–H groups in total. The lowest BCUT2D eigenvalue weighted by Crippen LogP contribution is -2.33. The number of nitrogens with zero attached hydrogens (tertiary/aromatic N) is 1. The van der Waals surface area contributed by atoms with Gasteiger partial charge in [0.05, 0.1) is 11.8 Å². The monoisotopic (exact) mass is 193 g/mol. The minimum absolute atomic E-state index is 0.251. The summed E-state index contributed by atoms with van der Waals surface area (Å²) in [5, 5.41) is 19.6. The minimum Gasteiger partial charge on any atom is -0.393 e. The second kappa shape index (κ2) is 3.67. The molecule has 76 valence electrons. The molecule has 0 bridgehead atoms. The van der Waals surface area contributed by atoms with Gasteiger partial charge in [-0.15, -0.1) is 0 Å². The SMILES string of the molecule is OC1CCC(O)(c2ccccn2)CC1. The summed E-state index contributed by atoms with van der Waals surface area (Å²) in [4.78, 5) is 4.17. The average molecular weight is 193 g/mol. The molecule has 1 aromatic rings. The van der Waals surface area contributed by atoms with E-state index in [0.717, 1.165) is 5.69 Å². The largest absolute Gasteiger partial charge is 0.393 e. The predicted octanol–water partition coefficient (Wildman–Crippen LogP) is 1.20. The summed E-state index contributed by atoms with van der Waals surface area (Å²) >= 11 is 0. The van der Waals surface area contributed by atoms with Crippen molar-refractivity contribution >= 4 is 0 Å². The maximum Gasteiger partial charge on any atom is 0.107 e. The van der Waals surface area contributed by atoms with E-state index in [-0.39, 0.29) is 6.10 Å². The Balaban J connectivity index is 2.17. The molecule has 2 rings (SSSR count). The van der Waals surface area contributed by atoms with Crippen molar-refractivity contribution in [2.24, 2.45) is 0 Å². The highest BCUT2D eigenvalue weighted by molar-refractivity contribution is 5.13. The summed E-state index contributed by atoms with van der Waals surface area (Å²) in [5.41, 5.74) is -0.0903. The third-order valence-electron chi connectivity index (χ3n) is 2.92. The number of aliphatic hydroxyl groups excluding tert-OH is 1. The van der Waals surface area contributed by atoms with E-state index in [0.29, 0.717) is 25.7 Å². The highest BCUT2D eigenvalue weighted by Gasteiger charge is 2.35. The van der Waals surface area contributed by atoms with Crippen LogP contribution < -0.4 is 0 Å². The number of pyridine rings is 1. The normalized spacial score (nSPS) is 32.9. The van der Waals surface area contributed by atoms with Gasteiger partial charge in [0.25, 0.3) is 0 Å². The first-order valence-corrected chi connectivity index (χ1v) is 5.03. The van der Waals surface area contributed by atoms with Crippen molar-refractivity contribution in [3.63, 3.8) is 0 Å². The summed E-state index contributed by atoms with van der Waals surface area (Å²) in [7, 11) is 0. The van der Waals surface area contributed by atoms with Crippen LogP contribution in [0.5, 0.6) is 0 Å². The van der Waals surface area contributed by atoms with Crippen LogP contribution in [-0.4, -0.2) is 21.3 Å². The van der Waals surface area contributed by atoms with Crippen molar-refractivity contribution in [2.45, 2.75) is 37.4 Å². The van der Waals surface area contributed by atoms with Gasteiger partial charge in [0.15, 0.2) is 0 Å². The van der Waals surface area contributed by atoms with Crippen molar-refractivity contribution in [3.05, 3.63) is 30.1 Å². The quantitative estimate of drug-likeness (QED) is 0.704. The van der Waals surface area contributed by atoms with E-state index >= 15 is 0 Å². The standard InChI is InChI=1S/C11H15NO2/c13-9-4-6-11(14,7-5-9)10-3-1-2-8-12-10/h1-3,8-9,13-14H,4-7H2. The molecule has 0 aliphatic heterocycles. The van der Waals surface area contributed by atoms with Crippen LogP contribution in [0.25, 0.3) is 0 Å². The van der Waals surface area contributed by atoms with Gasteiger partial charge in [0.2, 0.25) is 0 Å². The van der Waals surface area contributed by atoms with Crippen molar-refractivity contribution < 1.29 is 10.2 Å². The van der Waals surface area contributed by atoms with Gasteiger partial charge in [-0.2, -0.15) is 0 Å². The van der Waals surface area contributed by atoms with Crippen molar-refractivity contribution in [1.82, 2.24) is 4.98 Å². The molecule has 0 radical (unpaired) electrons. The van der Waals surface area contributed by atoms with Gasteiger partial charge in [-0.3, -0.25) is 4.98 Å². The molecule has 1 heterocycles. The van der Waals surface area contributed by atoms with Crippen LogP contribution in [0.3, 0.4) is 0 Å². The number of aliphatic hydroxyl groups is 2. The Hall–Kier alpha value is -0.930. The number of hydrogen-bond donors (Lipinski definition) is 2. The predicted molar refractivity (Wildman–Crippen MR) is 52.6 cm³/mol. The van der Waals surface area contributed by atoms with E-state index in [1.165, 1.54) is 0 Å². The van der Waals surface area contributed by atoms with Crippen LogP contribution in [0, 0.1) is 0 Å². The zero-order valence-corrected chi connectivity index (χ0v) is 8.06. The second-order valence-corrected chi connectivity index (χ2v) is 3.98. The Morgan fingerprint density at radius 1 is 1.29 bits per heavy atom. The minimum atomic E-state index is -0.819. The smallest absolute Gasteiger partial charge is 0.107 e. The first-order valence-electron chi connectivity index (χ1n) is 5.03. The fourth-order valence-corrected chi connectivity index (χ4v) is 1.97. The maximum absolute atomic E-state index is 10.3. The summed E-state index contributed by atoms with van der Waals surface area (Å²) in [6.45, 7) is 0. The lowest BCUT2D eigenvalue weighted by Gasteiger charge is -2.33. The van der Waals surface area contributed by atoms with Crippen LogP contribution in [0.4, 0.5) is 0 Å². The molecule has 0 saturated heterocycles. The summed E-state index contributed by atoms with van der Waals surface area (Å²) in [6.07, 6.45) is 3.97. The van der Waals surface area contributed by atoms with Gasteiger partial charge >= 0.3 is 0 Å². The molecule has 0 aromatic carbocycles. The molecule has 0 spiro atoms. The van der Waals surface area contributed by atoms with Gasteiger partial charge in [-0.1, -0.05) is 6.07 Å². The highest BCUT2D eigenvalue weighted by atomic mass is 16.3. The molecular weight excluding hydrogens is 178 g/mol. The number of hydrogen-bond acceptors (Lipinski definition) is 3. The Bertz CT molecular complexity index is 291. The first-order chi connectivity index (χ1) is 6.71.